The average Bonchev–Trinajstić information content (AvgIpc) is 2.79. The highest BCUT2D eigenvalue weighted by Crippen LogP contribution is 2.40. The Morgan fingerprint density at radius 2 is 1.82 bits per heavy atom. The number of rotatable bonds is 4. The Bertz CT molecular complexity index is 226. The molecule has 2 aliphatic rings. The summed E-state index contributed by atoms with van der Waals surface area (Å²) in [6.45, 7) is 4.81. The van der Waals surface area contributed by atoms with Gasteiger partial charge < -0.3 is 5.32 Å². The average molecular weight is 237 g/mol. The molecule has 0 aromatic carbocycles. The summed E-state index contributed by atoms with van der Waals surface area (Å²) in [4.78, 5) is 0. The summed E-state index contributed by atoms with van der Waals surface area (Å²) in [5, 5.41) is 3.68. The standard InChI is InChI=1S/C16H31N/c1-4-13-8-9-15(11-13)16(17-3)14-7-5-6-12(2)10-14/h12-17H,4-11H2,1-3H3. The zero-order valence-corrected chi connectivity index (χ0v) is 12.0. The fraction of sp³-hybridized carbons (Fsp3) is 1.00. The maximum Gasteiger partial charge on any atom is 0.0121 e. The second kappa shape index (κ2) is 6.22. The van der Waals surface area contributed by atoms with Crippen LogP contribution in [0.5, 0.6) is 0 Å². The van der Waals surface area contributed by atoms with Crippen LogP contribution in [0.25, 0.3) is 0 Å². The lowest BCUT2D eigenvalue weighted by atomic mass is 9.74. The van der Waals surface area contributed by atoms with E-state index in [0.29, 0.717) is 0 Å². The zero-order valence-electron chi connectivity index (χ0n) is 12.0. The van der Waals surface area contributed by atoms with E-state index < -0.39 is 0 Å². The number of nitrogens with one attached hydrogen (secondary N) is 1. The summed E-state index contributed by atoms with van der Waals surface area (Å²) in [6.07, 6.45) is 11.7. The predicted octanol–water partition coefficient (Wildman–Crippen LogP) is 4.23. The van der Waals surface area contributed by atoms with Gasteiger partial charge >= 0.3 is 0 Å². The van der Waals surface area contributed by atoms with Crippen LogP contribution in [0.3, 0.4) is 0 Å². The van der Waals surface area contributed by atoms with E-state index in [4.69, 9.17) is 0 Å². The van der Waals surface area contributed by atoms with Gasteiger partial charge in [-0.2, -0.15) is 0 Å². The quantitative estimate of drug-likeness (QED) is 0.771. The molecule has 0 amide bonds. The Morgan fingerprint density at radius 3 is 2.41 bits per heavy atom. The molecule has 2 aliphatic carbocycles. The van der Waals surface area contributed by atoms with E-state index in [-0.39, 0.29) is 0 Å². The van der Waals surface area contributed by atoms with Crippen LogP contribution < -0.4 is 5.32 Å². The summed E-state index contributed by atoms with van der Waals surface area (Å²) in [5.41, 5.74) is 0. The van der Waals surface area contributed by atoms with Crippen LogP contribution >= 0.6 is 0 Å². The number of hydrogen-bond acceptors (Lipinski definition) is 1. The van der Waals surface area contributed by atoms with Crippen molar-refractivity contribution in [2.75, 3.05) is 7.05 Å². The van der Waals surface area contributed by atoms with Gasteiger partial charge in [-0.25, -0.2) is 0 Å². The molecule has 1 nitrogen and oxygen atoms in total. The molecule has 2 saturated carbocycles. The lowest BCUT2D eigenvalue weighted by Gasteiger charge is -2.36. The maximum absolute atomic E-state index is 3.68. The van der Waals surface area contributed by atoms with Gasteiger partial charge in [-0.3, -0.25) is 0 Å². The molecule has 5 unspecified atom stereocenters. The normalized spacial score (nSPS) is 40.4. The third kappa shape index (κ3) is 3.24. The SMILES string of the molecule is CCC1CCC(C(NC)C2CCCC(C)C2)C1. The van der Waals surface area contributed by atoms with E-state index in [2.05, 4.69) is 26.2 Å². The van der Waals surface area contributed by atoms with E-state index in [9.17, 15) is 0 Å². The molecule has 17 heavy (non-hydrogen) atoms. The molecule has 0 spiro atoms. The van der Waals surface area contributed by atoms with Crippen molar-refractivity contribution in [3.63, 3.8) is 0 Å². The zero-order chi connectivity index (χ0) is 12.3. The summed E-state index contributed by atoms with van der Waals surface area (Å²) in [6, 6.07) is 0.814. The molecular weight excluding hydrogens is 206 g/mol. The van der Waals surface area contributed by atoms with Crippen molar-refractivity contribution in [1.82, 2.24) is 5.32 Å². The fourth-order valence-electron chi connectivity index (χ4n) is 4.47. The van der Waals surface area contributed by atoms with Gasteiger partial charge in [0.1, 0.15) is 0 Å². The second-order valence-corrected chi connectivity index (χ2v) is 6.69. The highest BCUT2D eigenvalue weighted by molar-refractivity contribution is 4.89. The van der Waals surface area contributed by atoms with Gasteiger partial charge in [-0.05, 0) is 56.4 Å². The van der Waals surface area contributed by atoms with Gasteiger partial charge in [0, 0.05) is 6.04 Å². The minimum Gasteiger partial charge on any atom is -0.316 e. The Kier molecular flexibility index (Phi) is 4.90. The molecule has 0 aromatic heterocycles. The van der Waals surface area contributed by atoms with E-state index in [1.54, 1.807) is 0 Å². The van der Waals surface area contributed by atoms with Gasteiger partial charge in [0.15, 0.2) is 0 Å². The van der Waals surface area contributed by atoms with Crippen LogP contribution in [0.2, 0.25) is 0 Å². The summed E-state index contributed by atoms with van der Waals surface area (Å²) < 4.78 is 0. The molecule has 0 bridgehead atoms. The Balaban J connectivity index is 1.91. The van der Waals surface area contributed by atoms with Gasteiger partial charge in [-0.15, -0.1) is 0 Å². The van der Waals surface area contributed by atoms with Gasteiger partial charge in [0.05, 0.1) is 0 Å². The van der Waals surface area contributed by atoms with Crippen LogP contribution in [0.4, 0.5) is 0 Å². The van der Waals surface area contributed by atoms with Crippen LogP contribution in [0.1, 0.15) is 65.2 Å². The van der Waals surface area contributed by atoms with Crippen LogP contribution in [-0.4, -0.2) is 13.1 Å². The van der Waals surface area contributed by atoms with Crippen molar-refractivity contribution < 1.29 is 0 Å². The Morgan fingerprint density at radius 1 is 1.06 bits per heavy atom. The molecule has 0 radical (unpaired) electrons. The van der Waals surface area contributed by atoms with Crippen LogP contribution in [0.15, 0.2) is 0 Å². The molecule has 5 atom stereocenters. The Labute approximate surface area is 108 Å². The van der Waals surface area contributed by atoms with Gasteiger partial charge in [-0.1, -0.05) is 39.5 Å². The molecular formula is C16H31N. The van der Waals surface area contributed by atoms with Crippen LogP contribution in [0, 0.1) is 23.7 Å². The van der Waals surface area contributed by atoms with Crippen molar-refractivity contribution in [2.24, 2.45) is 23.7 Å². The minimum atomic E-state index is 0.814. The van der Waals surface area contributed by atoms with Crippen molar-refractivity contribution in [1.29, 1.82) is 0 Å². The lowest BCUT2D eigenvalue weighted by Crippen LogP contribution is -2.41. The highest BCUT2D eigenvalue weighted by atomic mass is 14.9. The second-order valence-electron chi connectivity index (χ2n) is 6.69. The third-order valence-electron chi connectivity index (χ3n) is 5.49. The summed E-state index contributed by atoms with van der Waals surface area (Å²) in [7, 11) is 2.20. The lowest BCUT2D eigenvalue weighted by molar-refractivity contribution is 0.182. The summed E-state index contributed by atoms with van der Waals surface area (Å²) in [5.74, 6) is 3.93. The van der Waals surface area contributed by atoms with Gasteiger partial charge in [0.25, 0.3) is 0 Å². The maximum atomic E-state index is 3.68. The minimum absolute atomic E-state index is 0.814. The molecule has 1 N–H and O–H groups in total. The van der Waals surface area contributed by atoms with E-state index in [1.807, 2.05) is 0 Å². The molecule has 0 aromatic rings. The highest BCUT2D eigenvalue weighted by Gasteiger charge is 2.35. The fourth-order valence-corrected chi connectivity index (χ4v) is 4.47. The monoisotopic (exact) mass is 237 g/mol. The van der Waals surface area contributed by atoms with Gasteiger partial charge in [0.2, 0.25) is 0 Å². The topological polar surface area (TPSA) is 12.0 Å². The largest absolute Gasteiger partial charge is 0.316 e. The third-order valence-corrected chi connectivity index (χ3v) is 5.49. The first-order valence-corrected chi connectivity index (χ1v) is 7.91. The van der Waals surface area contributed by atoms with E-state index in [1.165, 1.54) is 51.4 Å². The Hall–Kier alpha value is -0.0400. The molecule has 0 aliphatic heterocycles. The van der Waals surface area contributed by atoms with Crippen molar-refractivity contribution in [3.05, 3.63) is 0 Å². The van der Waals surface area contributed by atoms with Crippen molar-refractivity contribution in [2.45, 2.75) is 71.3 Å². The van der Waals surface area contributed by atoms with Crippen molar-refractivity contribution >= 4 is 0 Å². The first-order valence-electron chi connectivity index (χ1n) is 7.91. The number of hydrogen-bond donors (Lipinski definition) is 1. The molecule has 0 saturated heterocycles. The molecule has 2 rings (SSSR count). The predicted molar refractivity (Wildman–Crippen MR) is 75.1 cm³/mol. The molecule has 100 valence electrons. The first kappa shape index (κ1) is 13.4. The van der Waals surface area contributed by atoms with Crippen LogP contribution in [-0.2, 0) is 0 Å². The van der Waals surface area contributed by atoms with Crippen molar-refractivity contribution in [3.8, 4) is 0 Å². The molecule has 0 heterocycles. The van der Waals surface area contributed by atoms with E-state index in [0.717, 1.165) is 29.7 Å². The molecule has 2 fully saturated rings. The summed E-state index contributed by atoms with van der Waals surface area (Å²) >= 11 is 0. The van der Waals surface area contributed by atoms with E-state index >= 15 is 0 Å². The molecule has 1 heteroatoms. The first-order chi connectivity index (χ1) is 8.24. The smallest absolute Gasteiger partial charge is 0.0121 e.